The number of allylic oxidation sites excluding steroid dienone is 4. The molecule has 3 heterocycles. The van der Waals surface area contributed by atoms with Crippen molar-refractivity contribution in [2.75, 3.05) is 41.5 Å². The van der Waals surface area contributed by atoms with Gasteiger partial charge in [0.05, 0.1) is 55.1 Å². The minimum absolute atomic E-state index is 0.00640. The molecule has 12 nitrogen and oxygen atoms in total. The Labute approximate surface area is 340 Å². The van der Waals surface area contributed by atoms with Crippen molar-refractivity contribution in [1.82, 2.24) is 4.90 Å². The molecule has 0 aromatic carbocycles. The van der Waals surface area contributed by atoms with E-state index in [1.54, 1.807) is 14.2 Å². The van der Waals surface area contributed by atoms with Crippen LogP contribution in [0.25, 0.3) is 0 Å². The molecule has 3 aliphatic carbocycles. The summed E-state index contributed by atoms with van der Waals surface area (Å²) < 4.78 is 50.6. The predicted octanol–water partition coefficient (Wildman–Crippen LogP) is 5.80. The third-order valence-corrected chi connectivity index (χ3v) is 13.9. The Bertz CT molecular complexity index is 1450. The fourth-order valence-corrected chi connectivity index (χ4v) is 11.1. The normalized spacial score (nSPS) is 44.2. The van der Waals surface area contributed by atoms with Gasteiger partial charge in [0, 0.05) is 51.0 Å². The van der Waals surface area contributed by atoms with E-state index in [1.165, 1.54) is 0 Å². The molecule has 0 amide bonds. The van der Waals surface area contributed by atoms with Gasteiger partial charge in [-0.2, -0.15) is 0 Å². The van der Waals surface area contributed by atoms with Crippen molar-refractivity contribution in [2.24, 2.45) is 35.5 Å². The number of methoxy groups -OCH3 is 2. The molecule has 6 rings (SSSR count). The Morgan fingerprint density at radius 3 is 2.40 bits per heavy atom. The molecule has 3 aliphatic heterocycles. The van der Waals surface area contributed by atoms with Crippen LogP contribution in [0.15, 0.2) is 36.0 Å². The molecule has 17 atom stereocenters. The molecule has 1 N–H and O–H groups in total. The fraction of sp³-hybridized carbons (Fsp3) is 0.822. The second-order valence-corrected chi connectivity index (χ2v) is 17.6. The summed E-state index contributed by atoms with van der Waals surface area (Å²) in [6.45, 7) is 10.4. The lowest BCUT2D eigenvalue weighted by Gasteiger charge is -2.44. The number of aliphatic hydroxyl groups excluding tert-OH is 1. The third-order valence-electron chi connectivity index (χ3n) is 13.9. The molecule has 4 fully saturated rings. The SMILES string of the molecule is CC/C=C/[C@H]1CCC[C@H](OC2CCC(N(C)C)C(C)O2)[C@@H](C)C(=O)C2=C[C@@H]3[C@@H](C=C[C@]4(OCC)C[C@@H](OC5OC(C)C(OC)C(OC)C5CO)C[C@@H]34)[C@@H]2CC(=O)O1. The minimum atomic E-state index is -0.699. The van der Waals surface area contributed by atoms with Gasteiger partial charge in [-0.15, -0.1) is 0 Å². The quantitative estimate of drug-likeness (QED) is 0.189. The number of carbonyl (C=O) groups is 2. The lowest BCUT2D eigenvalue weighted by molar-refractivity contribution is -0.300. The molecule has 3 saturated heterocycles. The smallest absolute Gasteiger partial charge is 0.307 e. The van der Waals surface area contributed by atoms with Crippen molar-refractivity contribution in [2.45, 2.75) is 159 Å². The van der Waals surface area contributed by atoms with E-state index in [0.717, 1.165) is 25.7 Å². The van der Waals surface area contributed by atoms with E-state index in [1.807, 2.05) is 26.8 Å². The maximum Gasteiger partial charge on any atom is 0.307 e. The second kappa shape index (κ2) is 19.6. The number of hydrogen-bond donors (Lipinski definition) is 1. The maximum atomic E-state index is 14.9. The monoisotopic (exact) mass is 802 g/mol. The number of ether oxygens (including phenoxy) is 8. The van der Waals surface area contributed by atoms with Crippen molar-refractivity contribution in [1.29, 1.82) is 0 Å². The van der Waals surface area contributed by atoms with Crippen molar-refractivity contribution in [3.05, 3.63) is 36.0 Å². The summed E-state index contributed by atoms with van der Waals surface area (Å²) in [5, 5.41) is 10.5. The van der Waals surface area contributed by atoms with Gasteiger partial charge in [0.1, 0.15) is 12.2 Å². The summed E-state index contributed by atoms with van der Waals surface area (Å²) in [4.78, 5) is 30.9. The topological polar surface area (TPSA) is 131 Å². The van der Waals surface area contributed by atoms with Gasteiger partial charge >= 0.3 is 5.97 Å². The van der Waals surface area contributed by atoms with Gasteiger partial charge < -0.3 is 47.9 Å². The van der Waals surface area contributed by atoms with Gasteiger partial charge in [0.2, 0.25) is 0 Å². The number of aliphatic hydroxyl groups is 1. The number of ketones is 1. The zero-order chi connectivity index (χ0) is 41.0. The maximum absolute atomic E-state index is 14.9. The lowest BCUT2D eigenvalue weighted by atomic mass is 9.68. The van der Waals surface area contributed by atoms with Crippen LogP contribution in [0, 0.1) is 35.5 Å². The third kappa shape index (κ3) is 9.50. The fourth-order valence-electron chi connectivity index (χ4n) is 11.1. The molecule has 322 valence electrons. The molecule has 1 saturated carbocycles. The summed E-state index contributed by atoms with van der Waals surface area (Å²) in [5.74, 6) is -1.64. The van der Waals surface area contributed by atoms with Crippen LogP contribution in [0.5, 0.6) is 0 Å². The standard InChI is InChI=1S/C45H71NO11/c1-10-12-14-29-15-13-16-38(57-40-18-17-37(46(6)7)27(4)53-40)26(3)41(49)34-22-33-31(32(34)23-39(48)55-29)19-20-45(52-11-2)24-30(21-36(33)45)56-44-35(25-47)43(51-9)42(50-8)28(5)54-44/h12,14,19-20,22,26-33,35-38,40,42-44,47H,10-11,13,15-18,21,23-25H2,1-9H3/b14-12+/t26-,27?,28?,29+,30+,31+,32+,33-,35?,36+,37?,38+,40?,42?,43?,44?,45+/m1/s1. The highest BCUT2D eigenvalue weighted by Gasteiger charge is 2.58. The van der Waals surface area contributed by atoms with E-state index < -0.39 is 29.8 Å². The first-order valence-corrected chi connectivity index (χ1v) is 21.8. The largest absolute Gasteiger partial charge is 0.458 e. The van der Waals surface area contributed by atoms with Crippen molar-refractivity contribution < 1.29 is 52.6 Å². The zero-order valence-electron chi connectivity index (χ0n) is 35.9. The number of likely N-dealkylation sites (N-methyl/N-ethyl adjacent to an activating group) is 1. The summed E-state index contributed by atoms with van der Waals surface area (Å²) in [5.41, 5.74) is 0.0654. The van der Waals surface area contributed by atoms with Crippen LogP contribution >= 0.6 is 0 Å². The molecular weight excluding hydrogens is 730 g/mol. The summed E-state index contributed by atoms with van der Waals surface area (Å²) in [7, 11) is 7.41. The number of nitrogens with zero attached hydrogens (tertiary/aromatic N) is 1. The van der Waals surface area contributed by atoms with Crippen LogP contribution in [0.2, 0.25) is 0 Å². The number of Topliss-reactive ketones (excluding diaryl/α,β-unsaturated/α-hetero) is 1. The summed E-state index contributed by atoms with van der Waals surface area (Å²) in [6.07, 6.45) is 13.5. The molecule has 0 bridgehead atoms. The Morgan fingerprint density at radius 1 is 0.965 bits per heavy atom. The second-order valence-electron chi connectivity index (χ2n) is 17.6. The van der Waals surface area contributed by atoms with Gasteiger partial charge in [-0.05, 0) is 103 Å². The number of rotatable bonds is 12. The Kier molecular flexibility index (Phi) is 15.3. The average molecular weight is 802 g/mol. The van der Waals surface area contributed by atoms with Crippen molar-refractivity contribution in [3.63, 3.8) is 0 Å². The molecule has 0 aromatic heterocycles. The van der Waals surface area contributed by atoms with Crippen molar-refractivity contribution in [3.8, 4) is 0 Å². The number of fused-ring (bicyclic) bond motifs is 5. The molecular formula is C45H71NO11. The highest BCUT2D eigenvalue weighted by molar-refractivity contribution is 5.99. The van der Waals surface area contributed by atoms with E-state index in [-0.39, 0.29) is 91.4 Å². The summed E-state index contributed by atoms with van der Waals surface area (Å²) >= 11 is 0. The Morgan fingerprint density at radius 2 is 1.74 bits per heavy atom. The molecule has 12 heteroatoms. The number of carbonyl (C=O) groups excluding carboxylic acids is 2. The number of esters is 1. The van der Waals surface area contributed by atoms with Crippen LogP contribution in [0.4, 0.5) is 0 Å². The molecule has 0 spiro atoms. The highest BCUT2D eigenvalue weighted by Crippen LogP contribution is 2.57. The van der Waals surface area contributed by atoms with Crippen LogP contribution < -0.4 is 0 Å². The van der Waals surface area contributed by atoms with Crippen LogP contribution in [0.1, 0.15) is 92.4 Å². The number of hydrogen-bond acceptors (Lipinski definition) is 12. The molecule has 6 aliphatic rings. The molecule has 8 unspecified atom stereocenters. The lowest BCUT2D eigenvalue weighted by Crippen LogP contribution is -2.57. The van der Waals surface area contributed by atoms with Gasteiger partial charge in [-0.1, -0.05) is 38.2 Å². The first kappa shape index (κ1) is 44.5. The Balaban J connectivity index is 1.28. The van der Waals surface area contributed by atoms with Crippen LogP contribution in [-0.4, -0.2) is 130 Å². The first-order valence-electron chi connectivity index (χ1n) is 21.8. The van der Waals surface area contributed by atoms with Gasteiger partial charge in [-0.25, -0.2) is 0 Å². The zero-order valence-corrected chi connectivity index (χ0v) is 35.9. The van der Waals surface area contributed by atoms with Gasteiger partial charge in [0.25, 0.3) is 0 Å². The van der Waals surface area contributed by atoms with Gasteiger partial charge in [0.15, 0.2) is 18.4 Å². The average Bonchev–Trinajstić information content (AvgIpc) is 3.72. The van der Waals surface area contributed by atoms with E-state index in [2.05, 4.69) is 57.1 Å². The molecule has 0 radical (unpaired) electrons. The minimum Gasteiger partial charge on any atom is -0.458 e. The number of cyclic esters (lactones) is 1. The van der Waals surface area contributed by atoms with E-state index >= 15 is 0 Å². The Hall–Kier alpha value is -2.00. The van der Waals surface area contributed by atoms with Crippen LogP contribution in [-0.2, 0) is 47.5 Å². The molecule has 57 heavy (non-hydrogen) atoms. The van der Waals surface area contributed by atoms with Crippen molar-refractivity contribution >= 4 is 11.8 Å². The highest BCUT2D eigenvalue weighted by atomic mass is 16.7. The first-order chi connectivity index (χ1) is 27.4. The van der Waals surface area contributed by atoms with E-state index in [0.29, 0.717) is 43.9 Å². The van der Waals surface area contributed by atoms with Crippen LogP contribution in [0.3, 0.4) is 0 Å². The summed E-state index contributed by atoms with van der Waals surface area (Å²) in [6, 6.07) is 0.311. The van der Waals surface area contributed by atoms with E-state index in [4.69, 9.17) is 37.9 Å². The van der Waals surface area contributed by atoms with Gasteiger partial charge in [-0.3, -0.25) is 9.59 Å². The molecule has 0 aromatic rings. The van der Waals surface area contributed by atoms with E-state index in [9.17, 15) is 14.7 Å². The predicted molar refractivity (Wildman–Crippen MR) is 214 cm³/mol.